The molecule has 29 heavy (non-hydrogen) atoms. The van der Waals surface area contributed by atoms with Gasteiger partial charge in [0.2, 0.25) is 6.10 Å². The maximum Gasteiger partial charge on any atom is 0.331 e. The molecule has 8 nitrogen and oxygen atoms in total. The van der Waals surface area contributed by atoms with Gasteiger partial charge in [-0.25, -0.2) is 4.79 Å². The summed E-state index contributed by atoms with van der Waals surface area (Å²) in [5.41, 5.74) is 0.971. The first-order chi connectivity index (χ1) is 14.0. The number of carbonyl (C=O) groups excluding carboxylic acids is 2. The number of non-ortho nitro benzene ring substituents is 1. The number of morpholine rings is 1. The number of esters is 1. The van der Waals surface area contributed by atoms with Crippen LogP contribution in [-0.4, -0.2) is 48.0 Å². The fraction of sp³-hybridized carbons (Fsp3) is 0.238. The van der Waals surface area contributed by atoms with Crippen molar-refractivity contribution in [2.75, 3.05) is 26.3 Å². The summed E-state index contributed by atoms with van der Waals surface area (Å²) in [6.07, 6.45) is 1.50. The number of hydrogen-bond acceptors (Lipinski definition) is 6. The van der Waals surface area contributed by atoms with E-state index in [0.717, 1.165) is 6.08 Å². The zero-order valence-corrected chi connectivity index (χ0v) is 15.6. The Morgan fingerprint density at radius 2 is 1.83 bits per heavy atom. The molecule has 1 heterocycles. The van der Waals surface area contributed by atoms with Crippen LogP contribution in [0.5, 0.6) is 0 Å². The number of carbonyl (C=O) groups is 2. The largest absolute Gasteiger partial charge is 0.444 e. The molecule has 1 amide bonds. The number of hydrogen-bond donors (Lipinski definition) is 0. The zero-order chi connectivity index (χ0) is 20.6. The summed E-state index contributed by atoms with van der Waals surface area (Å²) in [6, 6.07) is 14.6. The number of ether oxygens (including phenoxy) is 2. The Hall–Kier alpha value is -3.52. The van der Waals surface area contributed by atoms with E-state index in [1.807, 2.05) is 6.07 Å². The Balaban J connectivity index is 1.75. The molecule has 8 heteroatoms. The Morgan fingerprint density at radius 1 is 1.10 bits per heavy atom. The van der Waals surface area contributed by atoms with Crippen LogP contribution in [0.25, 0.3) is 6.08 Å². The molecule has 1 saturated heterocycles. The average Bonchev–Trinajstić information content (AvgIpc) is 2.77. The summed E-state index contributed by atoms with van der Waals surface area (Å²) in [4.78, 5) is 37.2. The van der Waals surface area contributed by atoms with Crippen molar-refractivity contribution < 1.29 is 24.0 Å². The molecule has 1 aliphatic rings. The van der Waals surface area contributed by atoms with E-state index in [9.17, 15) is 19.7 Å². The number of nitro groups is 1. The second-order valence-corrected chi connectivity index (χ2v) is 6.35. The number of benzene rings is 2. The molecule has 1 atom stereocenters. The zero-order valence-electron chi connectivity index (χ0n) is 15.6. The highest BCUT2D eigenvalue weighted by Crippen LogP contribution is 2.22. The van der Waals surface area contributed by atoms with E-state index in [2.05, 4.69) is 0 Å². The van der Waals surface area contributed by atoms with Crippen LogP contribution in [0.2, 0.25) is 0 Å². The Morgan fingerprint density at radius 3 is 2.52 bits per heavy atom. The molecule has 150 valence electrons. The van der Waals surface area contributed by atoms with E-state index >= 15 is 0 Å². The summed E-state index contributed by atoms with van der Waals surface area (Å²) in [5.74, 6) is -1.02. The molecule has 0 spiro atoms. The lowest BCUT2D eigenvalue weighted by atomic mass is 10.1. The van der Waals surface area contributed by atoms with Crippen LogP contribution in [0.15, 0.2) is 60.7 Å². The van der Waals surface area contributed by atoms with E-state index in [1.54, 1.807) is 35.2 Å². The monoisotopic (exact) mass is 396 g/mol. The van der Waals surface area contributed by atoms with Crippen molar-refractivity contribution in [3.63, 3.8) is 0 Å². The maximum atomic E-state index is 12.9. The number of rotatable bonds is 6. The third-order valence-corrected chi connectivity index (χ3v) is 4.38. The van der Waals surface area contributed by atoms with Gasteiger partial charge in [-0.05, 0) is 11.6 Å². The number of nitrogens with zero attached hydrogens (tertiary/aromatic N) is 2. The first kappa shape index (κ1) is 20.2. The van der Waals surface area contributed by atoms with Crippen LogP contribution in [0.4, 0.5) is 5.69 Å². The predicted molar refractivity (Wildman–Crippen MR) is 105 cm³/mol. The molecule has 2 aromatic rings. The Bertz CT molecular complexity index is 906. The van der Waals surface area contributed by atoms with Crippen LogP contribution in [0.1, 0.15) is 17.2 Å². The molecule has 0 bridgehead atoms. The smallest absolute Gasteiger partial charge is 0.331 e. The third kappa shape index (κ3) is 5.49. The fourth-order valence-corrected chi connectivity index (χ4v) is 2.90. The van der Waals surface area contributed by atoms with Crippen molar-refractivity contribution in [3.05, 3.63) is 81.9 Å². The fourth-order valence-electron chi connectivity index (χ4n) is 2.90. The minimum atomic E-state index is -1.07. The molecule has 1 aliphatic heterocycles. The number of nitro benzene ring substituents is 1. The van der Waals surface area contributed by atoms with Crippen molar-refractivity contribution in [2.24, 2.45) is 0 Å². The highest BCUT2D eigenvalue weighted by molar-refractivity contribution is 5.91. The van der Waals surface area contributed by atoms with Gasteiger partial charge in [0.25, 0.3) is 11.6 Å². The molecule has 0 unspecified atom stereocenters. The standard InChI is InChI=1S/C21H20N2O6/c24-19(10-9-16-5-4-8-18(15-16)23(26)27)29-20(17-6-2-1-3-7-17)21(25)22-11-13-28-14-12-22/h1-10,15,20H,11-14H2/b10-9+/t20-/m0/s1. The van der Waals surface area contributed by atoms with E-state index in [1.165, 1.54) is 24.3 Å². The van der Waals surface area contributed by atoms with Crippen molar-refractivity contribution in [2.45, 2.75) is 6.10 Å². The van der Waals surface area contributed by atoms with Crippen LogP contribution >= 0.6 is 0 Å². The van der Waals surface area contributed by atoms with Crippen LogP contribution in [0.3, 0.4) is 0 Å². The van der Waals surface area contributed by atoms with Gasteiger partial charge < -0.3 is 14.4 Å². The van der Waals surface area contributed by atoms with Crippen molar-refractivity contribution in [1.29, 1.82) is 0 Å². The van der Waals surface area contributed by atoms with Gasteiger partial charge in [0.15, 0.2) is 0 Å². The molecular formula is C21H20N2O6. The van der Waals surface area contributed by atoms with Crippen LogP contribution in [0, 0.1) is 10.1 Å². The van der Waals surface area contributed by atoms with E-state index in [4.69, 9.17) is 9.47 Å². The first-order valence-electron chi connectivity index (χ1n) is 9.09. The lowest BCUT2D eigenvalue weighted by Gasteiger charge is -2.30. The lowest BCUT2D eigenvalue weighted by molar-refractivity contribution is -0.384. The van der Waals surface area contributed by atoms with Crippen molar-refractivity contribution in [1.82, 2.24) is 4.90 Å². The summed E-state index contributed by atoms with van der Waals surface area (Å²) in [7, 11) is 0. The normalized spacial score (nSPS) is 15.1. The Labute approximate surface area is 167 Å². The predicted octanol–water partition coefficient (Wildman–Crippen LogP) is 2.75. The molecule has 0 radical (unpaired) electrons. The van der Waals surface area contributed by atoms with Gasteiger partial charge in [0, 0.05) is 36.9 Å². The van der Waals surface area contributed by atoms with Gasteiger partial charge in [-0.2, -0.15) is 0 Å². The van der Waals surface area contributed by atoms with Gasteiger partial charge in [-0.15, -0.1) is 0 Å². The average molecular weight is 396 g/mol. The minimum Gasteiger partial charge on any atom is -0.444 e. The quantitative estimate of drug-likeness (QED) is 0.322. The van der Waals surface area contributed by atoms with Crippen LogP contribution in [-0.2, 0) is 19.1 Å². The molecule has 0 saturated carbocycles. The molecule has 1 fully saturated rings. The van der Waals surface area contributed by atoms with Gasteiger partial charge in [-0.3, -0.25) is 14.9 Å². The second-order valence-electron chi connectivity index (χ2n) is 6.35. The molecule has 0 aliphatic carbocycles. The topological polar surface area (TPSA) is 99.0 Å². The highest BCUT2D eigenvalue weighted by Gasteiger charge is 2.29. The number of amides is 1. The lowest BCUT2D eigenvalue weighted by Crippen LogP contribution is -2.44. The third-order valence-electron chi connectivity index (χ3n) is 4.38. The highest BCUT2D eigenvalue weighted by atomic mass is 16.6. The van der Waals surface area contributed by atoms with E-state index in [0.29, 0.717) is 37.4 Å². The molecular weight excluding hydrogens is 376 g/mol. The van der Waals surface area contributed by atoms with E-state index < -0.39 is 17.0 Å². The second kappa shape index (κ2) is 9.61. The summed E-state index contributed by atoms with van der Waals surface area (Å²) in [6.45, 7) is 1.74. The van der Waals surface area contributed by atoms with Gasteiger partial charge in [0.05, 0.1) is 18.1 Å². The van der Waals surface area contributed by atoms with Crippen LogP contribution < -0.4 is 0 Å². The minimum absolute atomic E-state index is 0.0785. The summed E-state index contributed by atoms with van der Waals surface area (Å²) >= 11 is 0. The van der Waals surface area contributed by atoms with Gasteiger partial charge >= 0.3 is 5.97 Å². The molecule has 0 aromatic heterocycles. The molecule has 2 aromatic carbocycles. The van der Waals surface area contributed by atoms with Gasteiger partial charge in [0.1, 0.15) is 0 Å². The van der Waals surface area contributed by atoms with Crippen molar-refractivity contribution in [3.8, 4) is 0 Å². The molecule has 3 rings (SSSR count). The van der Waals surface area contributed by atoms with Gasteiger partial charge in [-0.1, -0.05) is 42.5 Å². The Kier molecular flexibility index (Phi) is 6.70. The maximum absolute atomic E-state index is 12.9. The van der Waals surface area contributed by atoms with E-state index in [-0.39, 0.29) is 11.6 Å². The first-order valence-corrected chi connectivity index (χ1v) is 9.09. The van der Waals surface area contributed by atoms with Crippen molar-refractivity contribution >= 4 is 23.6 Å². The SMILES string of the molecule is O=C(/C=C/c1cccc([N+](=O)[O-])c1)O[C@H](C(=O)N1CCOCC1)c1ccccc1. The summed E-state index contributed by atoms with van der Waals surface area (Å²) in [5, 5.41) is 10.9. The molecule has 0 N–H and O–H groups in total. The summed E-state index contributed by atoms with van der Waals surface area (Å²) < 4.78 is 10.7.